The van der Waals surface area contributed by atoms with Crippen molar-refractivity contribution in [2.45, 2.75) is 6.92 Å². The molecule has 0 saturated heterocycles. The topological polar surface area (TPSA) is 100 Å². The Morgan fingerprint density at radius 3 is 2.93 bits per heavy atom. The summed E-state index contributed by atoms with van der Waals surface area (Å²) in [6, 6.07) is 2.80. The number of carbonyl (C=O) groups is 1. The van der Waals surface area contributed by atoms with Crippen molar-refractivity contribution >= 4 is 17.9 Å². The van der Waals surface area contributed by atoms with Crippen LogP contribution < -0.4 is 5.43 Å². The van der Waals surface area contributed by atoms with Gasteiger partial charge in [-0.2, -0.15) is 5.10 Å². The number of nitro groups is 1. The van der Waals surface area contributed by atoms with Crippen LogP contribution in [0, 0.1) is 10.1 Å². The smallest absolute Gasteiger partial charge is 0.321 e. The number of H-pyrrole nitrogens is 1. The third kappa shape index (κ3) is 2.70. The van der Waals surface area contributed by atoms with Crippen molar-refractivity contribution < 1.29 is 9.72 Å². The molecule has 1 rings (SSSR count). The van der Waals surface area contributed by atoms with Crippen molar-refractivity contribution in [1.29, 1.82) is 0 Å². The molecule has 0 aliphatic rings. The number of aromatic nitrogens is 1. The molecule has 0 fully saturated rings. The van der Waals surface area contributed by atoms with Gasteiger partial charge in [-0.05, 0) is 11.0 Å². The Hall–Kier alpha value is -2.18. The van der Waals surface area contributed by atoms with Gasteiger partial charge in [0.1, 0.15) is 5.69 Å². The SMILES string of the molecule is CC(=O)N/N=C\c1ccc([N+](=O)[O-])[nH]1. The molecule has 14 heavy (non-hydrogen) atoms. The molecule has 74 valence electrons. The summed E-state index contributed by atoms with van der Waals surface area (Å²) >= 11 is 0. The predicted octanol–water partition coefficient (Wildman–Crippen LogP) is 0.393. The molecular weight excluding hydrogens is 188 g/mol. The van der Waals surface area contributed by atoms with Gasteiger partial charge in [-0.1, -0.05) is 0 Å². The molecule has 0 radical (unpaired) electrons. The van der Waals surface area contributed by atoms with Gasteiger partial charge >= 0.3 is 5.82 Å². The summed E-state index contributed by atoms with van der Waals surface area (Å²) < 4.78 is 0. The predicted molar refractivity (Wildman–Crippen MR) is 48.9 cm³/mol. The summed E-state index contributed by atoms with van der Waals surface area (Å²) in [7, 11) is 0. The van der Waals surface area contributed by atoms with E-state index in [9.17, 15) is 14.9 Å². The third-order valence-electron chi connectivity index (χ3n) is 1.32. The molecular formula is C7H8N4O3. The first kappa shape index (κ1) is 9.90. The summed E-state index contributed by atoms with van der Waals surface area (Å²) in [6.45, 7) is 1.31. The molecule has 1 amide bonds. The molecule has 0 saturated carbocycles. The first-order chi connectivity index (χ1) is 6.59. The Morgan fingerprint density at radius 1 is 1.71 bits per heavy atom. The van der Waals surface area contributed by atoms with Gasteiger partial charge in [-0.15, -0.1) is 0 Å². The minimum atomic E-state index is -0.546. The van der Waals surface area contributed by atoms with E-state index in [0.29, 0.717) is 5.69 Å². The van der Waals surface area contributed by atoms with Crippen molar-refractivity contribution in [3.05, 3.63) is 27.9 Å². The average molecular weight is 196 g/mol. The van der Waals surface area contributed by atoms with Crippen LogP contribution in [0.4, 0.5) is 5.82 Å². The Labute approximate surface area is 79.0 Å². The van der Waals surface area contributed by atoms with E-state index < -0.39 is 4.92 Å². The number of carbonyl (C=O) groups excluding carboxylic acids is 1. The fourth-order valence-electron chi connectivity index (χ4n) is 0.774. The lowest BCUT2D eigenvalue weighted by Gasteiger charge is -1.88. The lowest BCUT2D eigenvalue weighted by molar-refractivity contribution is -0.389. The van der Waals surface area contributed by atoms with E-state index in [1.165, 1.54) is 25.3 Å². The Morgan fingerprint density at radius 2 is 2.43 bits per heavy atom. The molecule has 0 bridgehead atoms. The van der Waals surface area contributed by atoms with E-state index in [1.807, 2.05) is 0 Å². The molecule has 2 N–H and O–H groups in total. The number of aromatic amines is 1. The second kappa shape index (κ2) is 4.17. The van der Waals surface area contributed by atoms with Crippen LogP contribution in [0.3, 0.4) is 0 Å². The molecule has 7 nitrogen and oxygen atoms in total. The second-order valence-electron chi connectivity index (χ2n) is 2.48. The van der Waals surface area contributed by atoms with E-state index in [4.69, 9.17) is 0 Å². The zero-order valence-electron chi connectivity index (χ0n) is 7.35. The summed E-state index contributed by atoms with van der Waals surface area (Å²) in [6.07, 6.45) is 1.29. The van der Waals surface area contributed by atoms with Crippen LogP contribution in [-0.4, -0.2) is 22.0 Å². The van der Waals surface area contributed by atoms with Gasteiger partial charge in [0.05, 0.1) is 6.21 Å². The van der Waals surface area contributed by atoms with Crippen molar-refractivity contribution in [2.75, 3.05) is 0 Å². The van der Waals surface area contributed by atoms with Crippen LogP contribution in [-0.2, 0) is 4.79 Å². The van der Waals surface area contributed by atoms with Gasteiger partial charge in [0.15, 0.2) is 0 Å². The molecule has 0 aliphatic heterocycles. The van der Waals surface area contributed by atoms with Gasteiger partial charge in [0.2, 0.25) is 5.91 Å². The summed E-state index contributed by atoms with van der Waals surface area (Å²) in [5.74, 6) is -0.420. The summed E-state index contributed by atoms with van der Waals surface area (Å²) in [5.41, 5.74) is 2.62. The van der Waals surface area contributed by atoms with E-state index in [2.05, 4.69) is 15.5 Å². The number of nitrogens with zero attached hydrogens (tertiary/aromatic N) is 2. The van der Waals surface area contributed by atoms with Crippen LogP contribution in [0.15, 0.2) is 17.2 Å². The van der Waals surface area contributed by atoms with Crippen molar-refractivity contribution in [3.63, 3.8) is 0 Å². The van der Waals surface area contributed by atoms with Crippen LogP contribution in [0.5, 0.6) is 0 Å². The zero-order chi connectivity index (χ0) is 10.6. The zero-order valence-corrected chi connectivity index (χ0v) is 7.35. The van der Waals surface area contributed by atoms with Gasteiger partial charge in [0.25, 0.3) is 0 Å². The van der Waals surface area contributed by atoms with Crippen LogP contribution >= 0.6 is 0 Å². The normalized spacial score (nSPS) is 10.4. The molecule has 1 aromatic heterocycles. The van der Waals surface area contributed by atoms with Crippen molar-refractivity contribution in [1.82, 2.24) is 10.4 Å². The fourth-order valence-corrected chi connectivity index (χ4v) is 0.774. The number of nitrogens with one attached hydrogen (secondary N) is 2. The lowest BCUT2D eigenvalue weighted by atomic mass is 10.5. The maximum atomic E-state index is 10.4. The van der Waals surface area contributed by atoms with Crippen LogP contribution in [0.25, 0.3) is 0 Å². The van der Waals surface area contributed by atoms with Crippen molar-refractivity contribution in [2.24, 2.45) is 5.10 Å². The molecule has 7 heteroatoms. The molecule has 0 aromatic carbocycles. The Bertz CT molecular complexity index is 382. The number of hydrogen-bond donors (Lipinski definition) is 2. The number of hydrazone groups is 1. The number of rotatable bonds is 3. The summed E-state index contributed by atoms with van der Waals surface area (Å²) in [5, 5.41) is 13.8. The minimum absolute atomic E-state index is 0.116. The molecule has 1 aromatic rings. The highest BCUT2D eigenvalue weighted by Gasteiger charge is 2.05. The lowest BCUT2D eigenvalue weighted by Crippen LogP contribution is -2.12. The molecule has 0 spiro atoms. The molecule has 0 atom stereocenters. The molecule has 1 heterocycles. The quantitative estimate of drug-likeness (QED) is 0.415. The maximum absolute atomic E-state index is 10.4. The van der Waals surface area contributed by atoms with Crippen LogP contribution in [0.1, 0.15) is 12.6 Å². The van der Waals surface area contributed by atoms with Gasteiger partial charge < -0.3 is 10.1 Å². The fraction of sp³-hybridized carbons (Fsp3) is 0.143. The summed E-state index contributed by atoms with van der Waals surface area (Å²) in [4.78, 5) is 22.6. The minimum Gasteiger partial charge on any atom is -0.358 e. The standard InChI is InChI=1S/C7H8N4O3/c1-5(12)10-8-4-6-2-3-7(9-6)11(13)14/h2-4,9H,1H3,(H,10,12)/b8-4-. The average Bonchev–Trinajstić information content (AvgIpc) is 2.52. The van der Waals surface area contributed by atoms with Crippen LogP contribution in [0.2, 0.25) is 0 Å². The first-order valence-corrected chi connectivity index (χ1v) is 3.72. The Balaban J connectivity index is 2.64. The second-order valence-corrected chi connectivity index (χ2v) is 2.48. The monoisotopic (exact) mass is 196 g/mol. The highest BCUT2D eigenvalue weighted by molar-refractivity contribution is 5.80. The molecule has 0 aliphatic carbocycles. The Kier molecular flexibility index (Phi) is 2.95. The van der Waals surface area contributed by atoms with Gasteiger partial charge in [-0.3, -0.25) is 4.79 Å². The van der Waals surface area contributed by atoms with E-state index in [1.54, 1.807) is 0 Å². The van der Waals surface area contributed by atoms with Gasteiger partial charge in [-0.25, -0.2) is 10.4 Å². The number of amides is 1. The van der Waals surface area contributed by atoms with E-state index in [0.717, 1.165) is 0 Å². The highest BCUT2D eigenvalue weighted by atomic mass is 16.6. The van der Waals surface area contributed by atoms with E-state index in [-0.39, 0.29) is 11.7 Å². The number of hydrogen-bond acceptors (Lipinski definition) is 4. The molecule has 0 unspecified atom stereocenters. The van der Waals surface area contributed by atoms with Crippen molar-refractivity contribution in [3.8, 4) is 0 Å². The van der Waals surface area contributed by atoms with Gasteiger partial charge in [0, 0.05) is 13.0 Å². The maximum Gasteiger partial charge on any atom is 0.321 e. The largest absolute Gasteiger partial charge is 0.358 e. The third-order valence-corrected chi connectivity index (χ3v) is 1.32. The van der Waals surface area contributed by atoms with E-state index >= 15 is 0 Å². The highest BCUT2D eigenvalue weighted by Crippen LogP contribution is 2.07. The first-order valence-electron chi connectivity index (χ1n) is 3.72.